The van der Waals surface area contributed by atoms with Crippen molar-refractivity contribution in [1.82, 2.24) is 0 Å². The number of alkyl halides is 1. The Labute approximate surface area is 106 Å². The Morgan fingerprint density at radius 2 is 1.73 bits per heavy atom. The normalized spacial score (nSPS) is 12.5. The summed E-state index contributed by atoms with van der Waals surface area (Å²) in [4.78, 5) is 10.8. The van der Waals surface area contributed by atoms with Crippen molar-refractivity contribution in [2.24, 2.45) is 0 Å². The lowest BCUT2D eigenvalue weighted by Gasteiger charge is -2.05. The van der Waals surface area contributed by atoms with Gasteiger partial charge >= 0.3 is 5.97 Å². The smallest absolute Gasteiger partial charge is 0.345 e. The number of ether oxygens (including phenoxy) is 1. The van der Waals surface area contributed by atoms with Gasteiger partial charge in [-0.05, 0) is 29.0 Å². The van der Waals surface area contributed by atoms with Crippen LogP contribution in [-0.4, -0.2) is 21.8 Å². The van der Waals surface area contributed by atoms with Crippen LogP contribution < -0.4 is 0 Å². The van der Waals surface area contributed by atoms with E-state index in [-0.39, 0.29) is 0 Å². The summed E-state index contributed by atoms with van der Waals surface area (Å²) >= 11 is 1.63. The fraction of sp³-hybridized carbons (Fsp3) is 0.909. The van der Waals surface area contributed by atoms with E-state index in [9.17, 15) is 4.79 Å². The number of carbonyl (C=O) groups excluding carboxylic acids is 1. The topological polar surface area (TPSA) is 46.5 Å². The molecule has 1 atom stereocenters. The second-order valence-corrected chi connectivity index (χ2v) is 4.80. The lowest BCUT2D eigenvalue weighted by atomic mass is 10.1. The van der Waals surface area contributed by atoms with Gasteiger partial charge in [0.25, 0.3) is 0 Å². The number of esters is 1. The molecule has 0 bridgehead atoms. The Morgan fingerprint density at radius 3 is 2.27 bits per heavy atom. The van der Waals surface area contributed by atoms with Crippen LogP contribution in [-0.2, 0) is 9.53 Å². The predicted octanol–water partition coefficient (Wildman–Crippen LogP) is 3.03. The molecule has 0 amide bonds. The van der Waals surface area contributed by atoms with E-state index in [1.165, 1.54) is 32.1 Å². The van der Waals surface area contributed by atoms with Gasteiger partial charge in [-0.3, -0.25) is 0 Å². The molecule has 0 aliphatic carbocycles. The maximum atomic E-state index is 10.8. The summed E-state index contributed by atoms with van der Waals surface area (Å²) in [5, 5.41) is 8.83. The third-order valence-electron chi connectivity index (χ3n) is 2.19. The zero-order chi connectivity index (χ0) is 11.5. The van der Waals surface area contributed by atoms with E-state index in [0.29, 0.717) is 6.61 Å². The maximum Gasteiger partial charge on any atom is 0.345 e. The Balaban J connectivity index is 3.08. The number of carbonyl (C=O) groups is 1. The second-order valence-electron chi connectivity index (χ2n) is 3.62. The van der Waals surface area contributed by atoms with Crippen LogP contribution in [0, 0.1) is 0 Å². The average Bonchev–Trinajstić information content (AvgIpc) is 2.21. The predicted molar refractivity (Wildman–Crippen MR) is 69.0 cm³/mol. The lowest BCUT2D eigenvalue weighted by Crippen LogP contribution is -2.16. The molecular formula is C11H21IO3. The second kappa shape index (κ2) is 10.7. The summed E-state index contributed by atoms with van der Waals surface area (Å²) < 4.78 is 3.81. The number of aliphatic hydroxyl groups excluding tert-OH is 1. The summed E-state index contributed by atoms with van der Waals surface area (Å²) in [6, 6.07) is 0. The van der Waals surface area contributed by atoms with Crippen LogP contribution in [0.1, 0.15) is 51.9 Å². The van der Waals surface area contributed by atoms with Crippen molar-refractivity contribution in [3.05, 3.63) is 0 Å². The summed E-state index contributed by atoms with van der Waals surface area (Å²) in [5.41, 5.74) is 0. The van der Waals surface area contributed by atoms with Gasteiger partial charge in [-0.1, -0.05) is 45.4 Å². The third-order valence-corrected chi connectivity index (χ3v) is 2.70. The molecule has 0 saturated carbocycles. The van der Waals surface area contributed by atoms with E-state index in [1.807, 2.05) is 0 Å². The molecule has 0 saturated heterocycles. The minimum Gasteiger partial charge on any atom is -0.463 e. The van der Waals surface area contributed by atoms with E-state index in [1.54, 1.807) is 22.6 Å². The summed E-state index contributed by atoms with van der Waals surface area (Å²) in [6.07, 6.45) is 8.39. The van der Waals surface area contributed by atoms with Crippen molar-refractivity contribution < 1.29 is 14.6 Å². The number of unbranched alkanes of at least 4 members (excludes halogenated alkanes) is 6. The monoisotopic (exact) mass is 328 g/mol. The van der Waals surface area contributed by atoms with Crippen LogP contribution in [0.4, 0.5) is 0 Å². The van der Waals surface area contributed by atoms with Crippen LogP contribution in [0.15, 0.2) is 0 Å². The Hall–Kier alpha value is 0.160. The van der Waals surface area contributed by atoms with Gasteiger partial charge in [0.2, 0.25) is 4.11 Å². The van der Waals surface area contributed by atoms with Crippen molar-refractivity contribution in [3.63, 3.8) is 0 Å². The molecule has 0 heterocycles. The van der Waals surface area contributed by atoms with Crippen molar-refractivity contribution >= 4 is 28.6 Å². The molecule has 0 aliphatic rings. The van der Waals surface area contributed by atoms with Crippen LogP contribution in [0.3, 0.4) is 0 Å². The van der Waals surface area contributed by atoms with E-state index in [2.05, 4.69) is 6.92 Å². The van der Waals surface area contributed by atoms with Gasteiger partial charge in [0, 0.05) is 0 Å². The molecule has 0 fully saturated rings. The number of hydrogen-bond donors (Lipinski definition) is 1. The first-order chi connectivity index (χ1) is 7.18. The lowest BCUT2D eigenvalue weighted by molar-refractivity contribution is -0.148. The van der Waals surface area contributed by atoms with Crippen molar-refractivity contribution in [1.29, 1.82) is 0 Å². The van der Waals surface area contributed by atoms with Crippen LogP contribution >= 0.6 is 22.6 Å². The molecule has 0 rings (SSSR count). The highest BCUT2D eigenvalue weighted by Crippen LogP contribution is 2.07. The van der Waals surface area contributed by atoms with E-state index in [0.717, 1.165) is 12.8 Å². The molecule has 1 unspecified atom stereocenters. The quantitative estimate of drug-likeness (QED) is 0.306. The molecule has 0 aromatic heterocycles. The first-order valence-corrected chi connectivity index (χ1v) is 6.91. The standard InChI is InChI=1S/C11H21IO3/c1-2-3-4-5-6-7-8-9-15-11(14)10(12)13/h10,13H,2-9H2,1H3. The number of hydrogen-bond acceptors (Lipinski definition) is 3. The fourth-order valence-corrected chi connectivity index (χ4v) is 1.48. The molecule has 0 radical (unpaired) electrons. The minimum absolute atomic E-state index is 0.437. The highest BCUT2D eigenvalue weighted by Gasteiger charge is 2.10. The van der Waals surface area contributed by atoms with Crippen LogP contribution in [0.5, 0.6) is 0 Å². The molecule has 1 N–H and O–H groups in total. The molecule has 3 nitrogen and oxygen atoms in total. The van der Waals surface area contributed by atoms with Crippen molar-refractivity contribution in [2.75, 3.05) is 6.61 Å². The summed E-state index contributed by atoms with van der Waals surface area (Å²) in [7, 11) is 0. The molecule has 15 heavy (non-hydrogen) atoms. The van der Waals surface area contributed by atoms with Gasteiger partial charge < -0.3 is 9.84 Å². The number of rotatable bonds is 9. The number of halogens is 1. The first kappa shape index (κ1) is 15.2. The van der Waals surface area contributed by atoms with Gasteiger partial charge in [0.1, 0.15) is 0 Å². The average molecular weight is 328 g/mol. The van der Waals surface area contributed by atoms with Crippen molar-refractivity contribution in [2.45, 2.75) is 56.0 Å². The molecule has 0 aromatic carbocycles. The van der Waals surface area contributed by atoms with Gasteiger partial charge in [0.05, 0.1) is 6.61 Å². The molecule has 0 spiro atoms. The number of aliphatic hydroxyl groups is 1. The highest BCUT2D eigenvalue weighted by molar-refractivity contribution is 14.1. The largest absolute Gasteiger partial charge is 0.463 e. The zero-order valence-corrected chi connectivity index (χ0v) is 11.5. The van der Waals surface area contributed by atoms with Gasteiger partial charge in [-0.15, -0.1) is 0 Å². The molecule has 0 aliphatic heterocycles. The summed E-state index contributed by atoms with van der Waals surface area (Å²) in [5.74, 6) is -0.526. The molecule has 4 heteroatoms. The summed E-state index contributed by atoms with van der Waals surface area (Å²) in [6.45, 7) is 2.64. The highest BCUT2D eigenvalue weighted by atomic mass is 127. The van der Waals surface area contributed by atoms with Crippen LogP contribution in [0.2, 0.25) is 0 Å². The Morgan fingerprint density at radius 1 is 1.20 bits per heavy atom. The maximum absolute atomic E-state index is 10.8. The third kappa shape index (κ3) is 10.4. The van der Waals surface area contributed by atoms with E-state index < -0.39 is 10.1 Å². The van der Waals surface area contributed by atoms with Crippen LogP contribution in [0.25, 0.3) is 0 Å². The van der Waals surface area contributed by atoms with E-state index >= 15 is 0 Å². The zero-order valence-electron chi connectivity index (χ0n) is 9.38. The van der Waals surface area contributed by atoms with E-state index in [4.69, 9.17) is 9.84 Å². The Bertz CT molecular complexity index is 160. The fourth-order valence-electron chi connectivity index (χ4n) is 1.30. The van der Waals surface area contributed by atoms with Gasteiger partial charge in [-0.2, -0.15) is 0 Å². The minimum atomic E-state index is -1.02. The molecule has 0 aromatic rings. The Kier molecular flexibility index (Phi) is 10.8. The molecular weight excluding hydrogens is 307 g/mol. The van der Waals surface area contributed by atoms with Gasteiger partial charge in [0.15, 0.2) is 0 Å². The SMILES string of the molecule is CCCCCCCCCOC(=O)C(O)I. The van der Waals surface area contributed by atoms with Crippen molar-refractivity contribution in [3.8, 4) is 0 Å². The van der Waals surface area contributed by atoms with Gasteiger partial charge in [-0.25, -0.2) is 4.79 Å². The molecule has 90 valence electrons. The first-order valence-electron chi connectivity index (χ1n) is 5.67.